The van der Waals surface area contributed by atoms with Crippen LogP contribution in [0.2, 0.25) is 0 Å². The monoisotopic (exact) mass is 473 g/mol. The normalized spacial score (nSPS) is 12.2. The van der Waals surface area contributed by atoms with Crippen molar-refractivity contribution in [3.63, 3.8) is 0 Å². The van der Waals surface area contributed by atoms with E-state index < -0.39 is 5.92 Å². The van der Waals surface area contributed by atoms with Crippen LogP contribution in [-0.4, -0.2) is 10.9 Å². The number of fused-ring (bicyclic) bond motifs is 1. The second kappa shape index (κ2) is 9.54. The van der Waals surface area contributed by atoms with E-state index in [1.54, 1.807) is 42.5 Å². The van der Waals surface area contributed by atoms with Gasteiger partial charge in [0.05, 0.1) is 11.7 Å². The number of hydrogen-bond acceptors (Lipinski definition) is 4. The summed E-state index contributed by atoms with van der Waals surface area (Å²) in [5.41, 5.74) is 6.52. The number of anilines is 1. The van der Waals surface area contributed by atoms with Gasteiger partial charge in [-0.05, 0) is 85.5 Å². The fourth-order valence-corrected chi connectivity index (χ4v) is 3.65. The summed E-state index contributed by atoms with van der Waals surface area (Å²) >= 11 is 0. The highest BCUT2D eigenvalue weighted by Gasteiger charge is 2.32. The molecule has 5 nitrogen and oxygen atoms in total. The predicted octanol–water partition coefficient (Wildman–Crippen LogP) is 6.77. The maximum absolute atomic E-state index is 14.2. The molecule has 0 saturated carbocycles. The van der Waals surface area contributed by atoms with E-state index in [2.05, 4.69) is 16.9 Å². The Hall–Kier alpha value is -4.26. The van der Waals surface area contributed by atoms with Gasteiger partial charge in [-0.1, -0.05) is 24.8 Å². The average Bonchev–Trinajstić information content (AvgIpc) is 2.84. The fraction of sp³-hybridized carbons (Fsp3) is 0.143. The number of alkyl halides is 2. The second-order valence-corrected chi connectivity index (χ2v) is 8.36. The lowest BCUT2D eigenvalue weighted by Crippen LogP contribution is -2.27. The minimum Gasteiger partial charge on any atom is -0.457 e. The van der Waals surface area contributed by atoms with Gasteiger partial charge < -0.3 is 15.8 Å². The number of aromatic nitrogens is 1. The Morgan fingerprint density at radius 2 is 1.77 bits per heavy atom. The third kappa shape index (κ3) is 5.14. The smallest absolute Gasteiger partial charge is 0.294 e. The summed E-state index contributed by atoms with van der Waals surface area (Å²) in [5.74, 6) is -1.99. The molecule has 0 fully saturated rings. The van der Waals surface area contributed by atoms with Gasteiger partial charge in [0.1, 0.15) is 17.3 Å². The van der Waals surface area contributed by atoms with Crippen LogP contribution in [0, 0.1) is 0 Å². The Balaban J connectivity index is 1.53. The number of pyridine rings is 1. The summed E-state index contributed by atoms with van der Waals surface area (Å²) < 4.78 is 34.3. The summed E-state index contributed by atoms with van der Waals surface area (Å²) in [6.07, 6.45) is 0. The van der Waals surface area contributed by atoms with E-state index in [0.717, 1.165) is 10.8 Å². The van der Waals surface area contributed by atoms with Crippen LogP contribution in [0.5, 0.6) is 11.5 Å². The number of nitrogens with zero attached hydrogens (tertiary/aromatic N) is 1. The number of ether oxygens (including phenoxy) is 1. The van der Waals surface area contributed by atoms with Gasteiger partial charge in [0.2, 0.25) is 0 Å². The lowest BCUT2D eigenvalue weighted by Gasteiger charge is -2.17. The highest BCUT2D eigenvalue weighted by Crippen LogP contribution is 2.36. The van der Waals surface area contributed by atoms with Crippen LogP contribution < -0.4 is 15.8 Å². The molecule has 3 aromatic carbocycles. The van der Waals surface area contributed by atoms with Crippen molar-refractivity contribution in [1.82, 2.24) is 10.3 Å². The molecule has 0 aliphatic rings. The standard InChI is InChI=1S/C28H25F2N3O2/c1-17(2)28(29,30)21-11-13-22(14-12-21)35-25-8-4-6-19-16-20(10-15-23(19)25)27(34)32-18(3)24-7-5-9-26(31)33-24/h4-16,18H,1H2,2-3H3,(H2,31,33)(H,32,34)/t18-/m1/s1. The number of amides is 1. The molecule has 1 atom stereocenters. The van der Waals surface area contributed by atoms with E-state index in [9.17, 15) is 13.6 Å². The molecule has 1 heterocycles. The molecule has 178 valence electrons. The number of nitrogens with one attached hydrogen (secondary N) is 1. The summed E-state index contributed by atoms with van der Waals surface area (Å²) in [4.78, 5) is 17.1. The van der Waals surface area contributed by atoms with Crippen LogP contribution in [-0.2, 0) is 5.92 Å². The summed E-state index contributed by atoms with van der Waals surface area (Å²) in [5, 5.41) is 4.51. The second-order valence-electron chi connectivity index (χ2n) is 8.36. The Bertz CT molecular complexity index is 1400. The van der Waals surface area contributed by atoms with Crippen molar-refractivity contribution in [2.24, 2.45) is 0 Å². The molecule has 3 N–H and O–H groups in total. The molecule has 0 radical (unpaired) electrons. The topological polar surface area (TPSA) is 77.2 Å². The molecular weight excluding hydrogens is 448 g/mol. The first-order valence-electron chi connectivity index (χ1n) is 11.0. The van der Waals surface area contributed by atoms with E-state index in [4.69, 9.17) is 10.5 Å². The van der Waals surface area contributed by atoms with E-state index >= 15 is 0 Å². The molecule has 0 aliphatic carbocycles. The maximum atomic E-state index is 14.2. The number of nitrogen functional groups attached to an aromatic ring is 1. The number of carbonyl (C=O) groups is 1. The maximum Gasteiger partial charge on any atom is 0.294 e. The summed E-state index contributed by atoms with van der Waals surface area (Å²) in [6.45, 7) is 6.50. The Labute approximate surface area is 202 Å². The van der Waals surface area contributed by atoms with Gasteiger partial charge >= 0.3 is 0 Å². The quantitative estimate of drug-likeness (QED) is 0.291. The number of allylic oxidation sites excluding steroid dienone is 1. The number of carbonyl (C=O) groups excluding carboxylic acids is 1. The van der Waals surface area contributed by atoms with Crippen molar-refractivity contribution < 1.29 is 18.3 Å². The summed E-state index contributed by atoms with van der Waals surface area (Å²) in [7, 11) is 0. The van der Waals surface area contributed by atoms with Crippen molar-refractivity contribution >= 4 is 22.5 Å². The molecule has 0 saturated heterocycles. The third-order valence-corrected chi connectivity index (χ3v) is 5.67. The molecule has 0 aliphatic heterocycles. The molecular formula is C28H25F2N3O2. The van der Waals surface area contributed by atoms with Crippen molar-refractivity contribution in [3.8, 4) is 11.5 Å². The van der Waals surface area contributed by atoms with E-state index in [1.807, 2.05) is 19.1 Å². The molecule has 4 aromatic rings. The molecule has 0 unspecified atom stereocenters. The lowest BCUT2D eigenvalue weighted by molar-refractivity contribution is 0.0385. The molecule has 4 rings (SSSR count). The molecule has 1 aromatic heterocycles. The summed E-state index contributed by atoms with van der Waals surface area (Å²) in [6, 6.07) is 21.4. The molecule has 7 heteroatoms. The number of rotatable bonds is 7. The van der Waals surface area contributed by atoms with Gasteiger partial charge in [0.25, 0.3) is 11.8 Å². The van der Waals surface area contributed by atoms with Gasteiger partial charge in [-0.15, -0.1) is 0 Å². The zero-order valence-corrected chi connectivity index (χ0v) is 19.4. The van der Waals surface area contributed by atoms with Crippen LogP contribution in [0.3, 0.4) is 0 Å². The molecule has 35 heavy (non-hydrogen) atoms. The third-order valence-electron chi connectivity index (χ3n) is 5.67. The molecule has 0 spiro atoms. The predicted molar refractivity (Wildman–Crippen MR) is 134 cm³/mol. The minimum atomic E-state index is -3.10. The van der Waals surface area contributed by atoms with Crippen LogP contribution in [0.4, 0.5) is 14.6 Å². The van der Waals surface area contributed by atoms with Crippen LogP contribution in [0.1, 0.15) is 41.5 Å². The van der Waals surface area contributed by atoms with Gasteiger partial charge in [0, 0.05) is 16.5 Å². The first kappa shape index (κ1) is 23.9. The Kier molecular flexibility index (Phi) is 6.51. The molecule has 1 amide bonds. The van der Waals surface area contributed by atoms with Crippen LogP contribution in [0.15, 0.2) is 91.0 Å². The number of nitrogens with two attached hydrogens (primary N) is 1. The zero-order chi connectivity index (χ0) is 25.2. The number of benzene rings is 3. The van der Waals surface area contributed by atoms with E-state index in [-0.39, 0.29) is 23.1 Å². The van der Waals surface area contributed by atoms with Crippen molar-refractivity contribution in [2.45, 2.75) is 25.8 Å². The lowest BCUT2D eigenvalue weighted by atomic mass is 10.0. The highest BCUT2D eigenvalue weighted by atomic mass is 19.3. The number of halogens is 2. The Morgan fingerprint density at radius 3 is 2.46 bits per heavy atom. The molecule has 0 bridgehead atoms. The first-order valence-corrected chi connectivity index (χ1v) is 11.0. The minimum absolute atomic E-state index is 0.145. The Morgan fingerprint density at radius 1 is 1.06 bits per heavy atom. The van der Waals surface area contributed by atoms with Gasteiger partial charge in [-0.25, -0.2) is 4.98 Å². The largest absolute Gasteiger partial charge is 0.457 e. The SMILES string of the molecule is C=C(C)C(F)(F)c1ccc(Oc2cccc3cc(C(=O)N[C@H](C)c4cccc(N)n4)ccc23)cc1. The van der Waals surface area contributed by atoms with Crippen molar-refractivity contribution in [2.75, 3.05) is 5.73 Å². The van der Waals surface area contributed by atoms with Gasteiger partial charge in [-0.2, -0.15) is 8.78 Å². The highest BCUT2D eigenvalue weighted by molar-refractivity contribution is 6.00. The van der Waals surface area contributed by atoms with Crippen LogP contribution >= 0.6 is 0 Å². The van der Waals surface area contributed by atoms with E-state index in [1.165, 1.54) is 31.2 Å². The van der Waals surface area contributed by atoms with Gasteiger partial charge in [0.15, 0.2) is 0 Å². The van der Waals surface area contributed by atoms with Crippen LogP contribution in [0.25, 0.3) is 10.8 Å². The van der Waals surface area contributed by atoms with Crippen molar-refractivity contribution in [3.05, 3.63) is 108 Å². The fourth-order valence-electron chi connectivity index (χ4n) is 3.65. The van der Waals surface area contributed by atoms with E-state index in [0.29, 0.717) is 28.6 Å². The van der Waals surface area contributed by atoms with Gasteiger partial charge in [-0.3, -0.25) is 4.79 Å². The number of hydrogen-bond donors (Lipinski definition) is 2. The zero-order valence-electron chi connectivity index (χ0n) is 19.4. The average molecular weight is 474 g/mol. The first-order chi connectivity index (χ1) is 16.6. The van der Waals surface area contributed by atoms with Crippen molar-refractivity contribution in [1.29, 1.82) is 0 Å².